The van der Waals surface area contributed by atoms with Gasteiger partial charge < -0.3 is 19.3 Å². The van der Waals surface area contributed by atoms with Crippen molar-refractivity contribution in [1.29, 1.82) is 0 Å². The van der Waals surface area contributed by atoms with Gasteiger partial charge in [-0.15, -0.1) is 0 Å². The van der Waals surface area contributed by atoms with Crippen molar-refractivity contribution in [3.63, 3.8) is 0 Å². The summed E-state index contributed by atoms with van der Waals surface area (Å²) in [5.74, 6) is -0.486. The van der Waals surface area contributed by atoms with Crippen LogP contribution in [-0.4, -0.2) is 36.7 Å². The molecule has 2 atom stereocenters. The molecule has 2 rings (SSSR count). The van der Waals surface area contributed by atoms with Gasteiger partial charge >= 0.3 is 5.97 Å². The number of hydrogen-bond donors (Lipinski definition) is 1. The summed E-state index contributed by atoms with van der Waals surface area (Å²) in [4.78, 5) is 11.2. The average molecular weight is 407 g/mol. The van der Waals surface area contributed by atoms with E-state index in [-0.39, 0.29) is 11.9 Å². The lowest BCUT2D eigenvalue weighted by Gasteiger charge is -2.28. The van der Waals surface area contributed by atoms with Gasteiger partial charge in [-0.3, -0.25) is 0 Å². The molecule has 1 N–H and O–H groups in total. The van der Waals surface area contributed by atoms with E-state index in [2.05, 4.69) is 6.92 Å². The Kier molecular flexibility index (Phi) is 11.8. The lowest BCUT2D eigenvalue weighted by molar-refractivity contribution is -0.190. The zero-order valence-corrected chi connectivity index (χ0v) is 17.9. The molecule has 1 heterocycles. The molecule has 0 spiro atoms. The number of unbranched alkanes of at least 4 members (excludes halogenated alkanes) is 5. The van der Waals surface area contributed by atoms with Crippen molar-refractivity contribution in [3.05, 3.63) is 29.8 Å². The predicted octanol–water partition coefficient (Wildman–Crippen LogP) is 6.21. The molecular weight excluding hydrogens is 368 g/mol. The lowest BCUT2D eigenvalue weighted by Crippen LogP contribution is -2.28. The number of carboxylic acids is 1. The maximum absolute atomic E-state index is 11.2. The van der Waals surface area contributed by atoms with Crippen LogP contribution in [0.2, 0.25) is 0 Å². The Morgan fingerprint density at radius 3 is 2.62 bits per heavy atom. The largest absolute Gasteiger partial charge is 0.493 e. The van der Waals surface area contributed by atoms with Gasteiger partial charge in [-0.05, 0) is 50.7 Å². The molecule has 0 amide bonds. The Balaban J connectivity index is 1.56. The first kappa shape index (κ1) is 23.7. The van der Waals surface area contributed by atoms with Crippen molar-refractivity contribution in [2.24, 2.45) is 0 Å². The lowest BCUT2D eigenvalue weighted by atomic mass is 10.0. The topological polar surface area (TPSA) is 65.0 Å². The van der Waals surface area contributed by atoms with Crippen LogP contribution in [-0.2, 0) is 9.47 Å². The molecule has 1 aromatic carbocycles. The fourth-order valence-electron chi connectivity index (χ4n) is 3.70. The van der Waals surface area contributed by atoms with Gasteiger partial charge in [0.2, 0.25) is 0 Å². The quantitative estimate of drug-likeness (QED) is 0.351. The van der Waals surface area contributed by atoms with E-state index in [1.54, 1.807) is 24.3 Å². The molecule has 0 aromatic heterocycles. The van der Waals surface area contributed by atoms with Gasteiger partial charge in [0, 0.05) is 6.61 Å². The third-order valence-electron chi connectivity index (χ3n) is 5.41. The van der Waals surface area contributed by atoms with E-state index in [9.17, 15) is 4.79 Å². The van der Waals surface area contributed by atoms with Gasteiger partial charge in [0.25, 0.3) is 0 Å². The summed E-state index contributed by atoms with van der Waals surface area (Å²) in [6.07, 6.45) is 14.0. The van der Waals surface area contributed by atoms with Crippen molar-refractivity contribution in [1.82, 2.24) is 0 Å². The van der Waals surface area contributed by atoms with Crippen molar-refractivity contribution < 1.29 is 24.1 Å². The number of hydrogen-bond acceptors (Lipinski definition) is 4. The van der Waals surface area contributed by atoms with Gasteiger partial charge in [-0.2, -0.15) is 0 Å². The molecule has 1 fully saturated rings. The number of rotatable bonds is 15. The van der Waals surface area contributed by atoms with Gasteiger partial charge in [0.05, 0.1) is 12.7 Å². The summed E-state index contributed by atoms with van der Waals surface area (Å²) < 4.78 is 17.6. The van der Waals surface area contributed by atoms with Crippen LogP contribution in [0.15, 0.2) is 24.3 Å². The standard InChI is InChI=1S/C24H38O5/c1-2-3-13-20(29-23-17-10-12-19-28-23)14-7-5-4-6-11-18-27-22-16-9-8-15-21(22)24(25)26/h8-9,15-16,20,23H,2-7,10-14,17-19H2,1H3,(H,25,26). The number of benzene rings is 1. The van der Waals surface area contributed by atoms with E-state index in [1.165, 1.54) is 38.5 Å². The maximum Gasteiger partial charge on any atom is 0.339 e. The molecule has 164 valence electrons. The molecule has 0 radical (unpaired) electrons. The maximum atomic E-state index is 11.2. The molecule has 0 bridgehead atoms. The predicted molar refractivity (Wildman–Crippen MR) is 115 cm³/mol. The van der Waals surface area contributed by atoms with Crippen molar-refractivity contribution in [2.75, 3.05) is 13.2 Å². The van der Waals surface area contributed by atoms with Gasteiger partial charge in [-0.25, -0.2) is 4.79 Å². The van der Waals surface area contributed by atoms with E-state index in [1.807, 2.05) is 0 Å². The van der Waals surface area contributed by atoms with E-state index >= 15 is 0 Å². The summed E-state index contributed by atoms with van der Waals surface area (Å²) >= 11 is 0. The molecule has 1 aromatic rings. The minimum atomic E-state index is -0.945. The monoisotopic (exact) mass is 406 g/mol. The second-order valence-electron chi connectivity index (χ2n) is 7.90. The fourth-order valence-corrected chi connectivity index (χ4v) is 3.70. The van der Waals surface area contributed by atoms with E-state index in [4.69, 9.17) is 19.3 Å². The van der Waals surface area contributed by atoms with Crippen molar-refractivity contribution >= 4 is 5.97 Å². The normalized spacial score (nSPS) is 17.8. The van der Waals surface area contributed by atoms with Crippen LogP contribution in [0.4, 0.5) is 0 Å². The molecule has 0 saturated carbocycles. The molecule has 5 nitrogen and oxygen atoms in total. The molecule has 1 aliphatic rings. The molecule has 0 aliphatic carbocycles. The summed E-state index contributed by atoms with van der Waals surface area (Å²) in [6.45, 7) is 3.63. The highest BCUT2D eigenvalue weighted by Gasteiger charge is 2.19. The Labute approximate surface area is 175 Å². The van der Waals surface area contributed by atoms with E-state index in [0.717, 1.165) is 45.1 Å². The minimum Gasteiger partial charge on any atom is -0.493 e. The van der Waals surface area contributed by atoms with Crippen LogP contribution in [0.25, 0.3) is 0 Å². The molecular formula is C24H38O5. The third-order valence-corrected chi connectivity index (χ3v) is 5.41. The Morgan fingerprint density at radius 1 is 1.10 bits per heavy atom. The molecule has 29 heavy (non-hydrogen) atoms. The van der Waals surface area contributed by atoms with Crippen LogP contribution in [0.5, 0.6) is 5.75 Å². The van der Waals surface area contributed by atoms with Crippen LogP contribution < -0.4 is 4.74 Å². The molecule has 5 heteroatoms. The third kappa shape index (κ3) is 9.64. The summed E-state index contributed by atoms with van der Waals surface area (Å²) in [5, 5.41) is 9.17. The first-order valence-corrected chi connectivity index (χ1v) is 11.4. The zero-order valence-electron chi connectivity index (χ0n) is 17.9. The van der Waals surface area contributed by atoms with Crippen LogP contribution in [0.1, 0.15) is 94.3 Å². The SMILES string of the molecule is CCCCC(CCCCCCCOc1ccccc1C(=O)O)OC1CCCCO1. The van der Waals surface area contributed by atoms with Gasteiger partial charge in [0.15, 0.2) is 6.29 Å². The Hall–Kier alpha value is -1.59. The van der Waals surface area contributed by atoms with Crippen molar-refractivity contribution in [2.45, 2.75) is 96.4 Å². The van der Waals surface area contributed by atoms with Crippen LogP contribution in [0.3, 0.4) is 0 Å². The van der Waals surface area contributed by atoms with E-state index in [0.29, 0.717) is 18.5 Å². The number of carbonyl (C=O) groups is 1. The summed E-state index contributed by atoms with van der Waals surface area (Å²) in [6, 6.07) is 6.81. The molecule has 2 unspecified atom stereocenters. The number of para-hydroxylation sites is 1. The number of carboxylic acid groups (broad SMARTS) is 1. The fraction of sp³-hybridized carbons (Fsp3) is 0.708. The van der Waals surface area contributed by atoms with Crippen molar-refractivity contribution in [3.8, 4) is 5.75 Å². The van der Waals surface area contributed by atoms with Gasteiger partial charge in [-0.1, -0.05) is 57.6 Å². The molecule has 1 saturated heterocycles. The zero-order chi connectivity index (χ0) is 20.7. The number of ether oxygens (including phenoxy) is 3. The minimum absolute atomic E-state index is 0.0106. The first-order valence-electron chi connectivity index (χ1n) is 11.4. The van der Waals surface area contributed by atoms with Crippen LogP contribution >= 0.6 is 0 Å². The second kappa shape index (κ2) is 14.4. The highest BCUT2D eigenvalue weighted by Crippen LogP contribution is 2.22. The van der Waals surface area contributed by atoms with Crippen LogP contribution in [0, 0.1) is 0 Å². The smallest absolute Gasteiger partial charge is 0.339 e. The Bertz CT molecular complexity index is 568. The van der Waals surface area contributed by atoms with E-state index < -0.39 is 5.97 Å². The second-order valence-corrected chi connectivity index (χ2v) is 7.90. The summed E-state index contributed by atoms with van der Waals surface area (Å²) in [7, 11) is 0. The average Bonchev–Trinajstić information content (AvgIpc) is 2.74. The molecule has 1 aliphatic heterocycles. The summed E-state index contributed by atoms with van der Waals surface area (Å²) in [5.41, 5.74) is 0.229. The number of aromatic carboxylic acids is 1. The highest BCUT2D eigenvalue weighted by molar-refractivity contribution is 5.90. The Morgan fingerprint density at radius 2 is 1.86 bits per heavy atom. The highest BCUT2D eigenvalue weighted by atomic mass is 16.7. The first-order chi connectivity index (χ1) is 14.2. The van der Waals surface area contributed by atoms with Gasteiger partial charge in [0.1, 0.15) is 11.3 Å².